The Morgan fingerprint density at radius 1 is 1.40 bits per heavy atom. The van der Waals surface area contributed by atoms with Crippen molar-refractivity contribution in [1.29, 1.82) is 0 Å². The zero-order chi connectivity index (χ0) is 14.6. The quantitative estimate of drug-likeness (QED) is 0.848. The Kier molecular flexibility index (Phi) is 5.24. The predicted octanol–water partition coefficient (Wildman–Crippen LogP) is 2.90. The molecule has 0 aliphatic heterocycles. The van der Waals surface area contributed by atoms with Gasteiger partial charge in [0.15, 0.2) is 0 Å². The van der Waals surface area contributed by atoms with Gasteiger partial charge in [-0.15, -0.1) is 0 Å². The topological polar surface area (TPSA) is 48.4 Å². The number of nitrogens with zero attached hydrogens (tertiary/aromatic N) is 2. The van der Waals surface area contributed by atoms with Gasteiger partial charge >= 0.3 is 0 Å². The van der Waals surface area contributed by atoms with Crippen LogP contribution in [0.2, 0.25) is 5.02 Å². The van der Waals surface area contributed by atoms with Crippen LogP contribution in [-0.2, 0) is 6.54 Å². The summed E-state index contributed by atoms with van der Waals surface area (Å²) in [5.74, 6) is 0.847. The molecule has 1 heterocycles. The van der Waals surface area contributed by atoms with Crippen LogP contribution >= 0.6 is 11.6 Å². The summed E-state index contributed by atoms with van der Waals surface area (Å²) in [5, 5.41) is 14.3. The third kappa shape index (κ3) is 4.08. The maximum atomic E-state index is 10.4. The molecule has 1 aliphatic rings. The van der Waals surface area contributed by atoms with Gasteiger partial charge < -0.3 is 10.4 Å². The Bertz CT molecular complexity index is 447. The van der Waals surface area contributed by atoms with Crippen molar-refractivity contribution >= 4 is 17.4 Å². The second kappa shape index (κ2) is 6.74. The third-order valence-corrected chi connectivity index (χ3v) is 4.14. The van der Waals surface area contributed by atoms with Gasteiger partial charge in [-0.3, -0.25) is 4.90 Å². The molecule has 0 unspecified atom stereocenters. The zero-order valence-electron chi connectivity index (χ0n) is 12.3. The Hall–Kier alpha value is -0.840. The van der Waals surface area contributed by atoms with E-state index < -0.39 is 5.60 Å². The first kappa shape index (κ1) is 15.5. The van der Waals surface area contributed by atoms with E-state index in [0.29, 0.717) is 18.1 Å². The Morgan fingerprint density at radius 2 is 2.10 bits per heavy atom. The molecule has 0 bridgehead atoms. The number of aliphatic hydroxyl groups is 1. The maximum absolute atomic E-state index is 10.4. The van der Waals surface area contributed by atoms with Gasteiger partial charge in [-0.25, -0.2) is 4.98 Å². The summed E-state index contributed by atoms with van der Waals surface area (Å²) in [6.45, 7) is 4.21. The zero-order valence-corrected chi connectivity index (χ0v) is 13.1. The first-order chi connectivity index (χ1) is 9.52. The van der Waals surface area contributed by atoms with Crippen molar-refractivity contribution in [2.75, 3.05) is 25.5 Å². The van der Waals surface area contributed by atoms with E-state index in [2.05, 4.69) is 15.2 Å². The molecule has 0 spiro atoms. The van der Waals surface area contributed by atoms with E-state index in [1.54, 1.807) is 0 Å². The van der Waals surface area contributed by atoms with Crippen LogP contribution in [0.1, 0.15) is 38.3 Å². The minimum atomic E-state index is -0.527. The van der Waals surface area contributed by atoms with Gasteiger partial charge in [0.2, 0.25) is 0 Å². The monoisotopic (exact) mass is 297 g/mol. The van der Waals surface area contributed by atoms with Gasteiger partial charge in [-0.1, -0.05) is 24.4 Å². The van der Waals surface area contributed by atoms with E-state index in [9.17, 15) is 5.11 Å². The van der Waals surface area contributed by atoms with Crippen LogP contribution in [0.5, 0.6) is 0 Å². The van der Waals surface area contributed by atoms with Gasteiger partial charge in [0.05, 0.1) is 16.3 Å². The van der Waals surface area contributed by atoms with E-state index in [0.717, 1.165) is 43.7 Å². The number of nitrogens with one attached hydrogen (secondary N) is 1. The molecule has 0 atom stereocenters. The lowest BCUT2D eigenvalue weighted by Gasteiger charge is -2.28. The van der Waals surface area contributed by atoms with Crippen LogP contribution in [0, 0.1) is 0 Å². The molecule has 0 radical (unpaired) electrons. The lowest BCUT2D eigenvalue weighted by Crippen LogP contribution is -2.39. The molecular weight excluding hydrogens is 274 g/mol. The van der Waals surface area contributed by atoms with Crippen LogP contribution < -0.4 is 5.32 Å². The number of rotatable bonds is 6. The van der Waals surface area contributed by atoms with E-state index in [1.807, 2.05) is 26.1 Å². The Labute approximate surface area is 126 Å². The molecular formula is C15H24ClN3O. The standard InChI is InChI=1S/C15H24ClN3O/c1-3-17-14-7-6-12(16)13(18-14)10-19(2)11-15(20)8-4-5-9-15/h6-7,20H,3-5,8-11H2,1-2H3,(H,17,18). The largest absolute Gasteiger partial charge is 0.389 e. The fourth-order valence-electron chi connectivity index (χ4n) is 2.88. The molecule has 2 rings (SSSR count). The van der Waals surface area contributed by atoms with Gasteiger partial charge in [0.25, 0.3) is 0 Å². The molecule has 0 aromatic carbocycles. The first-order valence-corrected chi connectivity index (χ1v) is 7.70. The highest BCUT2D eigenvalue weighted by Gasteiger charge is 2.32. The van der Waals surface area contributed by atoms with Crippen molar-refractivity contribution in [3.8, 4) is 0 Å². The average molecular weight is 298 g/mol. The van der Waals surface area contributed by atoms with Crippen molar-refractivity contribution in [3.05, 3.63) is 22.8 Å². The van der Waals surface area contributed by atoms with Gasteiger partial charge in [-0.05, 0) is 38.9 Å². The summed E-state index contributed by atoms with van der Waals surface area (Å²) in [6, 6.07) is 3.76. The van der Waals surface area contributed by atoms with Crippen LogP contribution in [-0.4, -0.2) is 40.7 Å². The smallest absolute Gasteiger partial charge is 0.126 e. The van der Waals surface area contributed by atoms with Crippen LogP contribution in [0.4, 0.5) is 5.82 Å². The Balaban J connectivity index is 1.99. The fourth-order valence-corrected chi connectivity index (χ4v) is 3.05. The van der Waals surface area contributed by atoms with E-state index >= 15 is 0 Å². The molecule has 1 aliphatic carbocycles. The molecule has 2 N–H and O–H groups in total. The van der Waals surface area contributed by atoms with Crippen LogP contribution in [0.25, 0.3) is 0 Å². The fraction of sp³-hybridized carbons (Fsp3) is 0.667. The highest BCUT2D eigenvalue weighted by atomic mass is 35.5. The number of pyridine rings is 1. The number of anilines is 1. The predicted molar refractivity (Wildman–Crippen MR) is 83.2 cm³/mol. The molecule has 1 saturated carbocycles. The summed E-state index contributed by atoms with van der Waals surface area (Å²) >= 11 is 6.21. The van der Waals surface area contributed by atoms with Crippen molar-refractivity contribution in [2.45, 2.75) is 44.8 Å². The molecule has 4 nitrogen and oxygen atoms in total. The minimum absolute atomic E-state index is 0.527. The summed E-state index contributed by atoms with van der Waals surface area (Å²) in [6.07, 6.45) is 4.05. The summed E-state index contributed by atoms with van der Waals surface area (Å²) in [4.78, 5) is 6.64. The maximum Gasteiger partial charge on any atom is 0.126 e. The van der Waals surface area contributed by atoms with Crippen molar-refractivity contribution in [3.63, 3.8) is 0 Å². The molecule has 1 fully saturated rings. The lowest BCUT2D eigenvalue weighted by molar-refractivity contribution is 0.0143. The highest BCUT2D eigenvalue weighted by Crippen LogP contribution is 2.30. The lowest BCUT2D eigenvalue weighted by atomic mass is 10.0. The molecule has 1 aromatic rings. The first-order valence-electron chi connectivity index (χ1n) is 7.33. The number of halogens is 1. The summed E-state index contributed by atoms with van der Waals surface area (Å²) in [7, 11) is 2.01. The van der Waals surface area contributed by atoms with Crippen molar-refractivity contribution in [1.82, 2.24) is 9.88 Å². The van der Waals surface area contributed by atoms with E-state index in [1.165, 1.54) is 0 Å². The van der Waals surface area contributed by atoms with E-state index in [-0.39, 0.29) is 0 Å². The minimum Gasteiger partial charge on any atom is -0.389 e. The second-order valence-corrected chi connectivity index (χ2v) is 6.17. The van der Waals surface area contributed by atoms with Gasteiger partial charge in [-0.2, -0.15) is 0 Å². The Morgan fingerprint density at radius 3 is 2.75 bits per heavy atom. The molecule has 1 aromatic heterocycles. The SMILES string of the molecule is CCNc1ccc(Cl)c(CN(C)CC2(O)CCCC2)n1. The van der Waals surface area contributed by atoms with E-state index in [4.69, 9.17) is 11.6 Å². The van der Waals surface area contributed by atoms with Crippen molar-refractivity contribution in [2.24, 2.45) is 0 Å². The number of hydrogen-bond acceptors (Lipinski definition) is 4. The van der Waals surface area contributed by atoms with Gasteiger partial charge in [0, 0.05) is 19.6 Å². The number of aromatic nitrogens is 1. The molecule has 0 amide bonds. The highest BCUT2D eigenvalue weighted by molar-refractivity contribution is 6.31. The molecule has 112 valence electrons. The number of likely N-dealkylation sites (N-methyl/N-ethyl adjacent to an activating group) is 1. The second-order valence-electron chi connectivity index (χ2n) is 5.76. The average Bonchev–Trinajstić information content (AvgIpc) is 2.80. The van der Waals surface area contributed by atoms with Gasteiger partial charge in [0.1, 0.15) is 5.82 Å². The summed E-state index contributed by atoms with van der Waals surface area (Å²) < 4.78 is 0. The number of hydrogen-bond donors (Lipinski definition) is 2. The van der Waals surface area contributed by atoms with Crippen LogP contribution in [0.15, 0.2) is 12.1 Å². The van der Waals surface area contributed by atoms with Crippen LogP contribution in [0.3, 0.4) is 0 Å². The molecule has 20 heavy (non-hydrogen) atoms. The van der Waals surface area contributed by atoms with Crippen molar-refractivity contribution < 1.29 is 5.11 Å². The third-order valence-electron chi connectivity index (χ3n) is 3.79. The molecule has 0 saturated heterocycles. The normalized spacial score (nSPS) is 17.6. The summed E-state index contributed by atoms with van der Waals surface area (Å²) in [5.41, 5.74) is 0.328. The molecule has 5 heteroatoms.